The molecule has 0 saturated carbocycles. The number of halogens is 2. The van der Waals surface area contributed by atoms with Crippen LogP contribution in [0.15, 0.2) is 54.6 Å². The Morgan fingerprint density at radius 3 is 2.35 bits per heavy atom. The second kappa shape index (κ2) is 9.35. The van der Waals surface area contributed by atoms with E-state index in [1.807, 2.05) is 13.0 Å². The normalized spacial score (nSPS) is 17.2. The van der Waals surface area contributed by atoms with Crippen LogP contribution in [0.2, 0.25) is 5.02 Å². The Morgan fingerprint density at radius 2 is 1.71 bits per heavy atom. The molecule has 0 saturated heterocycles. The average molecular weight is 483 g/mol. The zero-order valence-corrected chi connectivity index (χ0v) is 19.9. The minimum atomic E-state index is -0.952. The van der Waals surface area contributed by atoms with Crippen LogP contribution in [-0.2, 0) is 4.79 Å². The number of nitrogens with zero attached hydrogens (tertiary/aromatic N) is 1. The number of benzene rings is 3. The average Bonchev–Trinajstić information content (AvgIpc) is 2.82. The number of hydrogen-bond acceptors (Lipinski definition) is 4. The number of rotatable bonds is 5. The fourth-order valence-electron chi connectivity index (χ4n) is 4.37. The van der Waals surface area contributed by atoms with Crippen LogP contribution in [0, 0.1) is 12.7 Å². The summed E-state index contributed by atoms with van der Waals surface area (Å²) in [7, 11) is 4.49. The van der Waals surface area contributed by atoms with Gasteiger partial charge in [0.2, 0.25) is 5.91 Å². The van der Waals surface area contributed by atoms with Gasteiger partial charge in [-0.05, 0) is 48.4 Å². The third kappa shape index (κ3) is 4.07. The van der Waals surface area contributed by atoms with Gasteiger partial charge in [0, 0.05) is 18.2 Å². The number of methoxy groups -OCH3 is 2. The topological polar surface area (TPSA) is 67.9 Å². The number of amides is 2. The van der Waals surface area contributed by atoms with Crippen molar-refractivity contribution in [2.24, 2.45) is 0 Å². The maximum absolute atomic E-state index is 15.0. The second-order valence-electron chi connectivity index (χ2n) is 8.13. The first kappa shape index (κ1) is 23.6. The highest BCUT2D eigenvalue weighted by Crippen LogP contribution is 2.46. The molecule has 0 aromatic heterocycles. The van der Waals surface area contributed by atoms with Gasteiger partial charge in [-0.3, -0.25) is 9.59 Å². The van der Waals surface area contributed by atoms with Crippen molar-refractivity contribution >= 4 is 29.1 Å². The molecule has 0 radical (unpaired) electrons. The van der Waals surface area contributed by atoms with E-state index in [0.29, 0.717) is 27.8 Å². The minimum absolute atomic E-state index is 0.230. The van der Waals surface area contributed by atoms with E-state index in [-0.39, 0.29) is 17.0 Å². The van der Waals surface area contributed by atoms with Crippen LogP contribution in [0.5, 0.6) is 11.5 Å². The largest absolute Gasteiger partial charge is 0.493 e. The smallest absolute Gasteiger partial charge is 0.254 e. The fraction of sp³-hybridized carbons (Fsp3) is 0.231. The Balaban J connectivity index is 1.91. The van der Waals surface area contributed by atoms with Crippen molar-refractivity contribution in [3.63, 3.8) is 0 Å². The molecule has 1 aliphatic rings. The Hall–Kier alpha value is -3.58. The van der Waals surface area contributed by atoms with Gasteiger partial charge in [-0.2, -0.15) is 0 Å². The van der Waals surface area contributed by atoms with Crippen LogP contribution in [0.1, 0.15) is 39.0 Å². The number of hydrogen-bond donors (Lipinski definition) is 1. The third-order valence-corrected chi connectivity index (χ3v) is 6.38. The summed E-state index contributed by atoms with van der Waals surface area (Å²) in [6.07, 6.45) is 0. The fourth-order valence-corrected chi connectivity index (χ4v) is 4.65. The molecule has 176 valence electrons. The number of fused-ring (bicyclic) bond motifs is 1. The lowest BCUT2D eigenvalue weighted by Gasteiger charge is -2.40. The van der Waals surface area contributed by atoms with Gasteiger partial charge in [-0.1, -0.05) is 35.9 Å². The number of anilines is 1. The van der Waals surface area contributed by atoms with Gasteiger partial charge in [-0.15, -0.1) is 0 Å². The molecule has 1 aliphatic heterocycles. The first-order valence-electron chi connectivity index (χ1n) is 10.6. The van der Waals surface area contributed by atoms with E-state index in [4.69, 9.17) is 21.1 Å². The Kier molecular flexibility index (Phi) is 6.48. The van der Waals surface area contributed by atoms with Crippen LogP contribution in [0.3, 0.4) is 0 Å². The van der Waals surface area contributed by atoms with E-state index >= 15 is 0 Å². The molecule has 0 aliphatic carbocycles. The van der Waals surface area contributed by atoms with E-state index in [9.17, 15) is 14.0 Å². The number of carbonyl (C=O) groups excluding carboxylic acids is 2. The van der Waals surface area contributed by atoms with Crippen LogP contribution in [-0.4, -0.2) is 38.0 Å². The molecule has 2 atom stereocenters. The van der Waals surface area contributed by atoms with Gasteiger partial charge in [0.15, 0.2) is 11.5 Å². The zero-order chi connectivity index (χ0) is 24.6. The molecule has 0 fully saturated rings. The number of aryl methyl sites for hydroxylation is 1. The summed E-state index contributed by atoms with van der Waals surface area (Å²) < 4.78 is 25.7. The predicted octanol–water partition coefficient (Wildman–Crippen LogP) is 5.35. The lowest BCUT2D eigenvalue weighted by molar-refractivity contribution is -0.119. The third-order valence-electron chi connectivity index (χ3n) is 6.06. The second-order valence-corrected chi connectivity index (χ2v) is 8.53. The molecular formula is C26H24ClFN2O4. The van der Waals surface area contributed by atoms with Crippen LogP contribution in [0.25, 0.3) is 0 Å². The van der Waals surface area contributed by atoms with Crippen LogP contribution < -0.4 is 14.8 Å². The monoisotopic (exact) mass is 482 g/mol. The summed E-state index contributed by atoms with van der Waals surface area (Å²) >= 11 is 6.35. The van der Waals surface area contributed by atoms with Crippen molar-refractivity contribution in [1.29, 1.82) is 0 Å². The summed E-state index contributed by atoms with van der Waals surface area (Å²) in [5, 5.41) is 3.24. The van der Waals surface area contributed by atoms with Gasteiger partial charge < -0.3 is 19.7 Å². The van der Waals surface area contributed by atoms with E-state index in [1.165, 1.54) is 25.2 Å². The van der Waals surface area contributed by atoms with Crippen molar-refractivity contribution in [2.75, 3.05) is 26.6 Å². The Morgan fingerprint density at radius 1 is 1.03 bits per heavy atom. The highest BCUT2D eigenvalue weighted by Gasteiger charge is 2.44. The number of nitrogens with one attached hydrogen (secondary N) is 1. The van der Waals surface area contributed by atoms with Gasteiger partial charge in [0.25, 0.3) is 5.91 Å². The maximum Gasteiger partial charge on any atom is 0.254 e. The van der Waals surface area contributed by atoms with Gasteiger partial charge in [0.1, 0.15) is 5.82 Å². The number of carbonyl (C=O) groups is 2. The minimum Gasteiger partial charge on any atom is -0.493 e. The van der Waals surface area contributed by atoms with E-state index in [1.54, 1.807) is 49.5 Å². The van der Waals surface area contributed by atoms with Gasteiger partial charge in [-0.25, -0.2) is 4.39 Å². The summed E-state index contributed by atoms with van der Waals surface area (Å²) in [5.41, 5.74) is 2.29. The molecule has 3 aromatic rings. The molecule has 8 heteroatoms. The zero-order valence-electron chi connectivity index (χ0n) is 19.2. The van der Waals surface area contributed by atoms with Crippen molar-refractivity contribution in [3.05, 3.63) is 87.7 Å². The number of likely N-dealkylation sites (N-methyl/N-ethyl adjacent to an activating group) is 1. The molecule has 3 aromatic carbocycles. The summed E-state index contributed by atoms with van der Waals surface area (Å²) in [4.78, 5) is 28.5. The Bertz CT molecular complexity index is 1280. The SMILES string of the molecule is COc1cc2c(cc1OC)[C@@H](C(=O)Nc1ccc(C)cc1Cl)[C@H](c1ccccc1F)N(C)C2=O. The van der Waals surface area contributed by atoms with Gasteiger partial charge >= 0.3 is 0 Å². The molecule has 2 amide bonds. The molecule has 1 N–H and O–H groups in total. The lowest BCUT2D eigenvalue weighted by Crippen LogP contribution is -2.44. The lowest BCUT2D eigenvalue weighted by atomic mass is 9.79. The summed E-state index contributed by atoms with van der Waals surface area (Å²) in [6.45, 7) is 1.89. The molecule has 1 heterocycles. The first-order chi connectivity index (χ1) is 16.3. The summed E-state index contributed by atoms with van der Waals surface area (Å²) in [5.74, 6) is -1.55. The molecule has 34 heavy (non-hydrogen) atoms. The van der Waals surface area contributed by atoms with E-state index < -0.39 is 23.7 Å². The van der Waals surface area contributed by atoms with Gasteiger partial charge in [0.05, 0.1) is 36.9 Å². The van der Waals surface area contributed by atoms with Crippen molar-refractivity contribution in [2.45, 2.75) is 18.9 Å². The highest BCUT2D eigenvalue weighted by molar-refractivity contribution is 6.33. The molecule has 6 nitrogen and oxygen atoms in total. The molecular weight excluding hydrogens is 459 g/mol. The number of ether oxygens (including phenoxy) is 2. The van der Waals surface area contributed by atoms with Crippen LogP contribution in [0.4, 0.5) is 10.1 Å². The summed E-state index contributed by atoms with van der Waals surface area (Å²) in [6, 6.07) is 13.7. The van der Waals surface area contributed by atoms with E-state index in [0.717, 1.165) is 5.56 Å². The highest BCUT2D eigenvalue weighted by atomic mass is 35.5. The standard InChI is InChI=1S/C26H24ClFN2O4/c1-14-9-10-20(18(27)11-14)29-25(31)23-16-12-21(33-3)22(34-4)13-17(16)26(32)30(2)24(23)15-7-5-6-8-19(15)28/h5-13,23-24H,1-4H3,(H,29,31)/t23-,24+/m1/s1. The van der Waals surface area contributed by atoms with Crippen molar-refractivity contribution in [1.82, 2.24) is 4.90 Å². The molecule has 4 rings (SSSR count). The maximum atomic E-state index is 15.0. The quantitative estimate of drug-likeness (QED) is 0.532. The molecule has 0 spiro atoms. The van der Waals surface area contributed by atoms with Crippen LogP contribution >= 0.6 is 11.6 Å². The predicted molar refractivity (Wildman–Crippen MR) is 128 cm³/mol. The van der Waals surface area contributed by atoms with E-state index in [2.05, 4.69) is 5.32 Å². The van der Waals surface area contributed by atoms with Crippen molar-refractivity contribution < 1.29 is 23.5 Å². The molecule has 0 bridgehead atoms. The first-order valence-corrected chi connectivity index (χ1v) is 11.0. The molecule has 0 unspecified atom stereocenters. The van der Waals surface area contributed by atoms with Crippen molar-refractivity contribution in [3.8, 4) is 11.5 Å². The Labute approximate surface area is 202 Å².